The van der Waals surface area contributed by atoms with Gasteiger partial charge >= 0.3 is 0 Å². The molecule has 0 saturated carbocycles. The van der Waals surface area contributed by atoms with Gasteiger partial charge in [-0.2, -0.15) is 0 Å². The summed E-state index contributed by atoms with van der Waals surface area (Å²) in [6.07, 6.45) is 12.1. The minimum Gasteiger partial charge on any atom is -0.391 e. The van der Waals surface area contributed by atoms with Gasteiger partial charge in [-0.15, -0.1) is 0 Å². The molecule has 12 nitrogen and oxygen atoms in total. The summed E-state index contributed by atoms with van der Waals surface area (Å²) in [5.74, 6) is 3.38. The van der Waals surface area contributed by atoms with Gasteiger partial charge in [0.1, 0.15) is 17.9 Å². The molecule has 7 N–H and O–H groups in total. The number of hydrazine groups is 1. The maximum atomic E-state index is 13.8. The minimum absolute atomic E-state index is 0.00225. The van der Waals surface area contributed by atoms with Crippen molar-refractivity contribution < 1.29 is 33.9 Å². The van der Waals surface area contributed by atoms with Gasteiger partial charge in [-0.1, -0.05) is 96.4 Å². The van der Waals surface area contributed by atoms with Crippen LogP contribution in [0, 0.1) is 17.8 Å². The molecule has 0 aliphatic carbocycles. The summed E-state index contributed by atoms with van der Waals surface area (Å²) >= 11 is 0. The van der Waals surface area contributed by atoms with Gasteiger partial charge in [0.2, 0.25) is 23.4 Å². The van der Waals surface area contributed by atoms with Gasteiger partial charge < -0.3 is 15.7 Å². The van der Waals surface area contributed by atoms with Crippen molar-refractivity contribution in [1.29, 1.82) is 0 Å². The van der Waals surface area contributed by atoms with Crippen molar-refractivity contribution >= 4 is 34.9 Å². The molecule has 12 heteroatoms. The summed E-state index contributed by atoms with van der Waals surface area (Å²) in [6, 6.07) is 5.77. The van der Waals surface area contributed by atoms with Crippen LogP contribution in [0.1, 0.15) is 152 Å². The summed E-state index contributed by atoms with van der Waals surface area (Å²) in [6.45, 7) is 18.0. The second-order valence-corrected chi connectivity index (χ2v) is 17.5. The lowest BCUT2D eigenvalue weighted by atomic mass is 9.86. The third-order valence-corrected chi connectivity index (χ3v) is 11.2. The van der Waals surface area contributed by atoms with Crippen LogP contribution in [0.2, 0.25) is 0 Å². The zero-order chi connectivity index (χ0) is 44.1. The smallest absolute Gasteiger partial charge is 0.239 e. The predicted molar refractivity (Wildman–Crippen MR) is 232 cm³/mol. The average molecular weight is 812 g/mol. The van der Waals surface area contributed by atoms with Crippen molar-refractivity contribution in [3.63, 3.8) is 0 Å². The zero-order valence-corrected chi connectivity index (χ0v) is 37.2. The highest BCUT2D eigenvalue weighted by Gasteiger charge is 2.40. The lowest BCUT2D eigenvalue weighted by Gasteiger charge is -2.34. The highest BCUT2D eigenvalue weighted by molar-refractivity contribution is 6.41. The molecule has 0 heterocycles. The van der Waals surface area contributed by atoms with E-state index in [4.69, 9.17) is 5.84 Å². The molecule has 0 spiro atoms. The van der Waals surface area contributed by atoms with E-state index >= 15 is 0 Å². The lowest BCUT2D eigenvalue weighted by Crippen LogP contribution is -2.61. The van der Waals surface area contributed by atoms with E-state index in [1.165, 1.54) is 13.8 Å². The molecule has 0 unspecified atom stereocenters. The van der Waals surface area contributed by atoms with Gasteiger partial charge in [-0.25, -0.2) is 5.43 Å². The zero-order valence-electron chi connectivity index (χ0n) is 37.2. The predicted octanol–water partition coefficient (Wildman–Crippen LogP) is 6.02. The van der Waals surface area contributed by atoms with E-state index in [0.29, 0.717) is 18.8 Å². The summed E-state index contributed by atoms with van der Waals surface area (Å²) in [7, 11) is 0. The number of allylic oxidation sites excluding steroid dienone is 2. The van der Waals surface area contributed by atoms with Crippen molar-refractivity contribution in [1.82, 2.24) is 21.4 Å². The Labute approximate surface area is 349 Å². The first-order chi connectivity index (χ1) is 27.2. The summed E-state index contributed by atoms with van der Waals surface area (Å²) < 4.78 is 0. The first-order valence-corrected chi connectivity index (χ1v) is 21.5. The van der Waals surface area contributed by atoms with Gasteiger partial charge in [0.15, 0.2) is 5.78 Å². The largest absolute Gasteiger partial charge is 0.391 e. The highest BCUT2D eigenvalue weighted by Crippen LogP contribution is 2.23. The summed E-state index contributed by atoms with van der Waals surface area (Å²) in [5.41, 5.74) is 1.35. The molecule has 58 heavy (non-hydrogen) atoms. The lowest BCUT2D eigenvalue weighted by molar-refractivity contribution is -0.142. The van der Waals surface area contributed by atoms with E-state index in [1.54, 1.807) is 13.8 Å². The molecule has 328 valence electrons. The van der Waals surface area contributed by atoms with E-state index in [9.17, 15) is 33.9 Å². The normalized spacial score (nSPS) is 16.5. The van der Waals surface area contributed by atoms with Crippen LogP contribution in [-0.2, 0) is 35.2 Å². The molecule has 0 radical (unpaired) electrons. The van der Waals surface area contributed by atoms with Crippen LogP contribution in [0.5, 0.6) is 0 Å². The average Bonchev–Trinajstić information content (AvgIpc) is 3.15. The number of unbranched alkanes of at least 4 members (excludes halogenated alkanes) is 5. The second kappa shape index (κ2) is 26.5. The number of Topliss-reactive ketones (excluding diaryl/α,β-unsaturated/α-hetero) is 4. The number of hydrogen-bond acceptors (Lipinski definition) is 10. The number of benzene rings is 1. The molecule has 0 aliphatic rings. The first kappa shape index (κ1) is 52.4. The van der Waals surface area contributed by atoms with Crippen LogP contribution >= 0.6 is 0 Å². The second-order valence-electron chi connectivity index (χ2n) is 17.5. The Kier molecular flexibility index (Phi) is 24.0. The van der Waals surface area contributed by atoms with Crippen molar-refractivity contribution in [2.24, 2.45) is 23.6 Å². The quantitative estimate of drug-likeness (QED) is 0.0170. The summed E-state index contributed by atoms with van der Waals surface area (Å²) in [4.78, 5) is 79.1. The van der Waals surface area contributed by atoms with E-state index in [-0.39, 0.29) is 42.2 Å². The fraction of sp³-hybridized carbons (Fsp3) is 0.696. The van der Waals surface area contributed by atoms with Crippen molar-refractivity contribution in [3.05, 3.63) is 48.0 Å². The van der Waals surface area contributed by atoms with Crippen LogP contribution in [0.3, 0.4) is 0 Å². The van der Waals surface area contributed by atoms with Crippen LogP contribution < -0.4 is 27.2 Å². The van der Waals surface area contributed by atoms with Gasteiger partial charge in [0, 0.05) is 5.92 Å². The maximum absolute atomic E-state index is 13.8. The summed E-state index contributed by atoms with van der Waals surface area (Å²) in [5, 5.41) is 19.4. The van der Waals surface area contributed by atoms with Crippen molar-refractivity contribution in [2.75, 3.05) is 0 Å². The molecular weight excluding hydrogens is 735 g/mol. The Hall–Kier alpha value is -3.58. The maximum Gasteiger partial charge on any atom is 0.239 e. The molecule has 0 bridgehead atoms. The molecule has 2 amide bonds. The van der Waals surface area contributed by atoms with E-state index < -0.39 is 52.8 Å². The molecule has 0 fully saturated rings. The molecule has 0 saturated heterocycles. The number of hydrogen-bond donors (Lipinski definition) is 6. The van der Waals surface area contributed by atoms with Crippen LogP contribution in [0.4, 0.5) is 0 Å². The van der Waals surface area contributed by atoms with Crippen LogP contribution in [0.25, 0.3) is 0 Å². The van der Waals surface area contributed by atoms with Crippen molar-refractivity contribution in [2.45, 2.75) is 188 Å². The highest BCUT2D eigenvalue weighted by atomic mass is 16.3. The number of aliphatic hydroxyl groups excluding tert-OH is 1. The monoisotopic (exact) mass is 812 g/mol. The molecule has 1 rings (SSSR count). The third kappa shape index (κ3) is 18.6. The van der Waals surface area contributed by atoms with Gasteiger partial charge in [0.05, 0.1) is 23.2 Å². The Morgan fingerprint density at radius 3 is 1.79 bits per heavy atom. The number of amides is 2. The Bertz CT molecular complexity index is 1480. The fourth-order valence-electron chi connectivity index (χ4n) is 7.13. The fourth-order valence-corrected chi connectivity index (χ4v) is 7.13. The van der Waals surface area contributed by atoms with Crippen molar-refractivity contribution in [3.8, 4) is 0 Å². The third-order valence-electron chi connectivity index (χ3n) is 11.2. The SMILES string of the molecule is CC[C@@H](CC(C)C)C(=O)N[C@@](C)(CCC/C=C/CCCCCC[C@@](C)(N[C@@H](CC(C)C)C(=O)C(=O)[C@@H](NC(=O)[C@H](Cc1ccccc1)NN)[C@@H](C)O)C(C)=O)C(C)=O. The van der Waals surface area contributed by atoms with Gasteiger partial charge in [-0.05, 0) is 116 Å². The van der Waals surface area contributed by atoms with E-state index in [0.717, 1.165) is 63.4 Å². The van der Waals surface area contributed by atoms with Crippen LogP contribution in [0.15, 0.2) is 42.5 Å². The number of ketones is 4. The molecule has 7 atom stereocenters. The number of rotatable bonds is 31. The molecular formula is C46H77N5O7. The minimum atomic E-state index is -1.50. The number of nitrogens with two attached hydrogens (primary N) is 1. The Morgan fingerprint density at radius 1 is 0.724 bits per heavy atom. The van der Waals surface area contributed by atoms with E-state index in [1.807, 2.05) is 58.0 Å². The molecule has 1 aromatic carbocycles. The number of aliphatic hydroxyl groups is 1. The number of nitrogens with one attached hydrogen (secondary N) is 4. The standard InChI is InChI=1S/C46H77N5O7/c1-11-37(28-31(2)3)43(57)50-46(10,35(8)54)27-23-18-16-14-12-13-15-17-22-26-45(9,34(7)53)49-38(29-32(4)5)41(55)42(56)40(33(6)52)48-44(58)39(51-47)30-36-24-20-19-21-25-36/h14,16,19-21,24-25,31-33,37-40,49,51-52H,11-13,15,17-18,22-23,26-30,47H2,1-10H3,(H,48,58)(H,50,57)/b16-14+/t33-,37+,38+,39+,40+,45-,46+/m1/s1. The first-order valence-electron chi connectivity index (χ1n) is 21.5. The number of carbonyl (C=O) groups is 6. The Morgan fingerprint density at radius 2 is 1.28 bits per heavy atom. The molecule has 0 aromatic heterocycles. The molecule has 0 aliphatic heterocycles. The van der Waals surface area contributed by atoms with Crippen LogP contribution in [-0.4, -0.2) is 75.4 Å². The topological polar surface area (TPSA) is 197 Å². The Balaban J connectivity index is 2.74. The van der Waals surface area contributed by atoms with Gasteiger partial charge in [-0.3, -0.25) is 39.9 Å². The number of carbonyl (C=O) groups excluding carboxylic acids is 6. The van der Waals surface area contributed by atoms with Gasteiger partial charge in [0.25, 0.3) is 0 Å². The molecule has 1 aromatic rings. The van der Waals surface area contributed by atoms with E-state index in [2.05, 4.69) is 47.4 Å².